The first kappa shape index (κ1) is 18.8. The van der Waals surface area contributed by atoms with Crippen molar-refractivity contribution in [2.45, 2.75) is 37.9 Å². The number of carbonyl (C=O) groups excluding carboxylic acids is 1. The summed E-state index contributed by atoms with van der Waals surface area (Å²) in [6, 6.07) is 17.2. The van der Waals surface area contributed by atoms with E-state index < -0.39 is 5.82 Å². The van der Waals surface area contributed by atoms with Gasteiger partial charge in [0.15, 0.2) is 5.78 Å². The maximum absolute atomic E-state index is 14.5. The first-order valence-corrected chi connectivity index (χ1v) is 9.72. The molecule has 28 heavy (non-hydrogen) atoms. The number of carbonyl (C=O) groups is 1. The Labute approximate surface area is 164 Å². The van der Waals surface area contributed by atoms with E-state index in [0.29, 0.717) is 31.6 Å². The molecule has 2 aliphatic heterocycles. The van der Waals surface area contributed by atoms with Crippen LogP contribution in [0.25, 0.3) is 0 Å². The van der Waals surface area contributed by atoms with Gasteiger partial charge >= 0.3 is 0 Å². The van der Waals surface area contributed by atoms with E-state index in [0.717, 1.165) is 6.54 Å². The van der Waals surface area contributed by atoms with Crippen LogP contribution in [0.5, 0.6) is 0 Å². The summed E-state index contributed by atoms with van der Waals surface area (Å²) in [6.45, 7) is 2.06. The number of hydrogen-bond donors (Lipinski definition) is 0. The highest BCUT2D eigenvalue weighted by molar-refractivity contribution is 5.98. The molecule has 2 aromatic rings. The van der Waals surface area contributed by atoms with Gasteiger partial charge in [0.25, 0.3) is 0 Å². The van der Waals surface area contributed by atoms with Gasteiger partial charge in [-0.15, -0.1) is 0 Å². The number of Topliss-reactive ketones (excluding diaryl/α,β-unsaturated/α-hetero) is 1. The molecule has 5 heteroatoms. The van der Waals surface area contributed by atoms with Gasteiger partial charge in [0.05, 0.1) is 31.3 Å². The van der Waals surface area contributed by atoms with E-state index in [9.17, 15) is 9.18 Å². The zero-order chi connectivity index (χ0) is 19.5. The van der Waals surface area contributed by atoms with Gasteiger partial charge in [-0.1, -0.05) is 36.4 Å². The highest BCUT2D eigenvalue weighted by Crippen LogP contribution is 2.35. The largest absolute Gasteiger partial charge is 0.378 e. The Bertz CT molecular complexity index is 879. The molecule has 0 radical (unpaired) electrons. The molecule has 2 atom stereocenters. The third kappa shape index (κ3) is 3.84. The number of nitriles is 1. The number of ketones is 1. The minimum absolute atomic E-state index is 0.128. The molecule has 2 heterocycles. The first-order chi connectivity index (χ1) is 13.7. The van der Waals surface area contributed by atoms with Crippen molar-refractivity contribution in [2.24, 2.45) is 5.92 Å². The van der Waals surface area contributed by atoms with Crippen molar-refractivity contribution in [3.8, 4) is 6.07 Å². The Morgan fingerprint density at radius 1 is 1.11 bits per heavy atom. The van der Waals surface area contributed by atoms with Crippen LogP contribution in [0.4, 0.5) is 4.39 Å². The van der Waals surface area contributed by atoms with E-state index >= 15 is 0 Å². The molecule has 2 saturated heterocycles. The Morgan fingerprint density at radius 3 is 2.46 bits per heavy atom. The number of hydrogen-bond acceptors (Lipinski definition) is 4. The lowest BCUT2D eigenvalue weighted by atomic mass is 9.80. The smallest absolute Gasteiger partial charge is 0.169 e. The predicted molar refractivity (Wildman–Crippen MR) is 103 cm³/mol. The first-order valence-electron chi connectivity index (χ1n) is 9.72. The van der Waals surface area contributed by atoms with Crippen LogP contribution in [-0.4, -0.2) is 36.0 Å². The Morgan fingerprint density at radius 2 is 1.82 bits per heavy atom. The summed E-state index contributed by atoms with van der Waals surface area (Å²) in [5.41, 5.74) is 1.99. The van der Waals surface area contributed by atoms with E-state index in [2.05, 4.69) is 17.0 Å². The van der Waals surface area contributed by atoms with Crippen LogP contribution >= 0.6 is 0 Å². The van der Waals surface area contributed by atoms with Gasteiger partial charge in [0.2, 0.25) is 0 Å². The molecular formula is C23H23FN2O2. The van der Waals surface area contributed by atoms with Crippen molar-refractivity contribution in [1.82, 2.24) is 4.90 Å². The molecule has 2 aromatic carbocycles. The van der Waals surface area contributed by atoms with Gasteiger partial charge < -0.3 is 4.74 Å². The second-order valence-electron chi connectivity index (χ2n) is 7.68. The van der Waals surface area contributed by atoms with Crippen molar-refractivity contribution >= 4 is 5.78 Å². The van der Waals surface area contributed by atoms with Gasteiger partial charge in [0, 0.05) is 24.5 Å². The third-order valence-corrected chi connectivity index (χ3v) is 5.83. The fourth-order valence-corrected chi connectivity index (χ4v) is 4.44. The van der Waals surface area contributed by atoms with Crippen LogP contribution in [-0.2, 0) is 17.7 Å². The van der Waals surface area contributed by atoms with Crippen molar-refractivity contribution < 1.29 is 13.9 Å². The van der Waals surface area contributed by atoms with Crippen LogP contribution in [0, 0.1) is 23.1 Å². The number of fused-ring (bicyclic) bond motifs is 2. The maximum Gasteiger partial charge on any atom is 0.169 e. The zero-order valence-electron chi connectivity index (χ0n) is 15.7. The molecule has 4 rings (SSSR count). The molecule has 0 aliphatic carbocycles. The second kappa shape index (κ2) is 8.22. The second-order valence-corrected chi connectivity index (χ2v) is 7.68. The highest BCUT2D eigenvalue weighted by Gasteiger charge is 2.41. The molecule has 144 valence electrons. The fraction of sp³-hybridized carbons (Fsp3) is 0.391. The average Bonchev–Trinajstić information content (AvgIpc) is 2.68. The van der Waals surface area contributed by atoms with Crippen LogP contribution in [0.3, 0.4) is 0 Å². The van der Waals surface area contributed by atoms with Crippen LogP contribution < -0.4 is 0 Å². The molecule has 0 spiro atoms. The lowest BCUT2D eigenvalue weighted by Gasteiger charge is -2.48. The molecule has 0 N–H and O–H groups in total. The number of benzene rings is 2. The van der Waals surface area contributed by atoms with Crippen LogP contribution in [0.1, 0.15) is 34.3 Å². The topological polar surface area (TPSA) is 53.3 Å². The third-order valence-electron chi connectivity index (χ3n) is 5.83. The maximum atomic E-state index is 14.5. The van der Waals surface area contributed by atoms with Crippen molar-refractivity contribution in [3.05, 3.63) is 71.0 Å². The van der Waals surface area contributed by atoms with Crippen molar-refractivity contribution in [2.75, 3.05) is 13.2 Å². The summed E-state index contributed by atoms with van der Waals surface area (Å²) in [6.07, 6.45) is 1.51. The Kier molecular flexibility index (Phi) is 5.52. The number of piperidine rings is 1. The number of morpholine rings is 1. The quantitative estimate of drug-likeness (QED) is 0.744. The van der Waals surface area contributed by atoms with Gasteiger partial charge in [-0.2, -0.15) is 5.26 Å². The van der Waals surface area contributed by atoms with Crippen LogP contribution in [0.2, 0.25) is 0 Å². The van der Waals surface area contributed by atoms with Gasteiger partial charge in [-0.25, -0.2) is 4.39 Å². The Hall–Kier alpha value is -2.55. The average molecular weight is 378 g/mol. The van der Waals surface area contributed by atoms with Gasteiger partial charge in [-0.05, 0) is 36.1 Å². The SMILES string of the molecule is N#CCc1ccc(C(=O)C2CC3COCC(C2)N3Cc2ccccc2)c(F)c1. The molecule has 2 aliphatic rings. The Balaban J connectivity index is 1.49. The van der Waals surface area contributed by atoms with E-state index in [1.807, 2.05) is 24.3 Å². The number of nitrogens with zero attached hydrogens (tertiary/aromatic N) is 2. The van der Waals surface area contributed by atoms with Gasteiger partial charge in [0.1, 0.15) is 5.82 Å². The molecule has 2 unspecified atom stereocenters. The summed E-state index contributed by atoms with van der Waals surface area (Å²) in [5.74, 6) is -0.842. The lowest BCUT2D eigenvalue weighted by Crippen LogP contribution is -2.57. The van der Waals surface area contributed by atoms with E-state index in [4.69, 9.17) is 10.00 Å². The standard InChI is InChI=1S/C23H23FN2O2/c24-22-10-16(8-9-25)6-7-21(22)23(27)18-11-19-14-28-15-20(12-18)26(19)13-17-4-2-1-3-5-17/h1-7,10,18-20H,8,11-15H2. The molecular weight excluding hydrogens is 355 g/mol. The zero-order valence-corrected chi connectivity index (χ0v) is 15.7. The summed E-state index contributed by atoms with van der Waals surface area (Å²) in [5, 5.41) is 8.76. The number of ether oxygens (including phenoxy) is 1. The molecule has 0 amide bonds. The van der Waals surface area contributed by atoms with Crippen molar-refractivity contribution in [1.29, 1.82) is 5.26 Å². The monoisotopic (exact) mass is 378 g/mol. The van der Waals surface area contributed by atoms with E-state index in [1.165, 1.54) is 17.7 Å². The number of rotatable bonds is 5. The fourth-order valence-electron chi connectivity index (χ4n) is 4.44. The summed E-state index contributed by atoms with van der Waals surface area (Å²) >= 11 is 0. The lowest BCUT2D eigenvalue weighted by molar-refractivity contribution is -0.0873. The molecule has 4 nitrogen and oxygen atoms in total. The molecule has 2 fully saturated rings. The van der Waals surface area contributed by atoms with Crippen LogP contribution in [0.15, 0.2) is 48.5 Å². The van der Waals surface area contributed by atoms with Gasteiger partial charge in [-0.3, -0.25) is 9.69 Å². The minimum Gasteiger partial charge on any atom is -0.378 e. The van der Waals surface area contributed by atoms with Crippen molar-refractivity contribution in [3.63, 3.8) is 0 Å². The summed E-state index contributed by atoms with van der Waals surface area (Å²) in [7, 11) is 0. The van der Waals surface area contributed by atoms with E-state index in [-0.39, 0.29) is 35.8 Å². The normalized spacial score (nSPS) is 24.5. The highest BCUT2D eigenvalue weighted by atomic mass is 19.1. The summed E-state index contributed by atoms with van der Waals surface area (Å²) in [4.78, 5) is 15.5. The minimum atomic E-state index is -0.522. The molecule has 0 aromatic heterocycles. The predicted octanol–water partition coefficient (Wildman–Crippen LogP) is 3.75. The molecule has 2 bridgehead atoms. The molecule has 0 saturated carbocycles. The van der Waals surface area contributed by atoms with E-state index in [1.54, 1.807) is 6.07 Å². The summed E-state index contributed by atoms with van der Waals surface area (Å²) < 4.78 is 20.2. The number of halogens is 1.